The molecule has 0 spiro atoms. The van der Waals surface area contributed by atoms with Crippen LogP contribution in [0.4, 0.5) is 73.1 Å². The minimum atomic E-state index is -6.73. The molecule has 0 fully saturated rings. The van der Waals surface area contributed by atoms with Gasteiger partial charge in [-0.3, -0.25) is 19.2 Å². The number of halogens is 14. The van der Waals surface area contributed by atoms with E-state index in [4.69, 9.17) is 9.68 Å². The lowest BCUT2D eigenvalue weighted by Gasteiger charge is -2.27. The molecule has 4 aromatic carbocycles. The van der Waals surface area contributed by atoms with Crippen LogP contribution in [-0.2, 0) is 21.5 Å². The summed E-state index contributed by atoms with van der Waals surface area (Å²) in [5.41, 5.74) is -4.22. The van der Waals surface area contributed by atoms with Gasteiger partial charge in [-0.05, 0) is 48.5 Å². The van der Waals surface area contributed by atoms with Crippen LogP contribution in [0.3, 0.4) is 0 Å². The van der Waals surface area contributed by atoms with Crippen molar-refractivity contribution in [1.29, 1.82) is 0 Å². The molecular weight excluding hydrogens is 986 g/mol. The van der Waals surface area contributed by atoms with Gasteiger partial charge in [0.15, 0.2) is 0 Å². The largest absolute Gasteiger partial charge is 0.460 e. The molecule has 2 amide bonds. The molecule has 70 heavy (non-hydrogen) atoms. The van der Waals surface area contributed by atoms with Gasteiger partial charge in [-0.25, -0.2) is 19.8 Å². The number of aromatic amines is 2. The number of H-pyrrole nitrogens is 2. The molecule has 16 nitrogen and oxygen atoms in total. The number of hydrogen-bond acceptors (Lipinski definition) is 12. The number of anilines is 2. The van der Waals surface area contributed by atoms with E-state index >= 15 is 0 Å². The highest BCUT2D eigenvalue weighted by Gasteiger charge is 2.76. The topological polar surface area (TPSA) is 210 Å². The lowest BCUT2D eigenvalue weighted by atomic mass is 10.1. The fourth-order valence-corrected chi connectivity index (χ4v) is 5.03. The highest BCUT2D eigenvalue weighted by atomic mass is 19.4. The Morgan fingerprint density at radius 3 is 0.929 bits per heavy atom. The molecule has 0 aliphatic rings. The molecule has 0 saturated carbocycles. The lowest BCUT2D eigenvalue weighted by Crippen LogP contribution is -2.51. The molecule has 0 aliphatic carbocycles. The molecule has 2 aromatic heterocycles. The van der Waals surface area contributed by atoms with Crippen molar-refractivity contribution in [2.75, 3.05) is 10.1 Å². The van der Waals surface area contributed by atoms with E-state index in [1.807, 2.05) is 0 Å². The fraction of sp³-hybridized carbons (Fsp3) is 0.150. The minimum absolute atomic E-state index is 0.196. The van der Waals surface area contributed by atoms with E-state index < -0.39 is 94.2 Å². The van der Waals surface area contributed by atoms with E-state index in [1.54, 1.807) is 0 Å². The maximum atomic E-state index is 14.1. The number of aromatic nitrogens is 6. The number of nitrogens with zero attached hydrogens (tertiary/aromatic N) is 6. The predicted molar refractivity (Wildman–Crippen MR) is 205 cm³/mol. The van der Waals surface area contributed by atoms with Crippen molar-refractivity contribution in [3.05, 3.63) is 176 Å². The van der Waals surface area contributed by atoms with Crippen molar-refractivity contribution >= 4 is 35.4 Å². The molecule has 0 bridgehead atoms. The number of carbonyl (C=O) groups excluding carboxylic acids is 4. The van der Waals surface area contributed by atoms with Gasteiger partial charge in [0, 0.05) is 11.1 Å². The Balaban J connectivity index is 0.000000261. The summed E-state index contributed by atoms with van der Waals surface area (Å²) in [5.74, 6) is -38.9. The van der Waals surface area contributed by atoms with Gasteiger partial charge in [0.1, 0.15) is 0 Å². The summed E-state index contributed by atoms with van der Waals surface area (Å²) in [7, 11) is 0. The molecular formula is C40H22F14N8O8. The Bertz CT molecular complexity index is 2760. The predicted octanol–water partition coefficient (Wildman–Crippen LogP) is 7.75. The van der Waals surface area contributed by atoms with Crippen LogP contribution in [0.25, 0.3) is 0 Å². The number of amides is 2. The monoisotopic (exact) mass is 1010 g/mol. The van der Waals surface area contributed by atoms with Gasteiger partial charge in [0.2, 0.25) is 23.3 Å². The van der Waals surface area contributed by atoms with Gasteiger partial charge >= 0.3 is 59.1 Å². The zero-order valence-corrected chi connectivity index (χ0v) is 33.8. The Kier molecular flexibility index (Phi) is 14.9. The van der Waals surface area contributed by atoms with Crippen molar-refractivity contribution in [2.24, 2.45) is 0 Å². The first-order valence-corrected chi connectivity index (χ1v) is 18.5. The SMILES string of the molecule is O=C(ON(C(=O)c1ccccc1)c1nc(C(F)(F)C(F)(F)C(F)(F)F)n[nH]c1=O)c1ccccc1.O=C(ON(C(=O)c1ccccc1)c1nc(C(F)(F)C(F)(F)C(F)(F)F)n[nH]c1=O)c1ccccc1. The van der Waals surface area contributed by atoms with Gasteiger partial charge in [-0.1, -0.05) is 72.8 Å². The molecule has 30 heteroatoms. The molecule has 2 heterocycles. The molecule has 0 radical (unpaired) electrons. The van der Waals surface area contributed by atoms with Crippen molar-refractivity contribution in [1.82, 2.24) is 30.4 Å². The Morgan fingerprint density at radius 1 is 0.414 bits per heavy atom. The third kappa shape index (κ3) is 10.7. The Hall–Kier alpha value is -8.60. The van der Waals surface area contributed by atoms with Crippen molar-refractivity contribution in [2.45, 2.75) is 36.0 Å². The summed E-state index contributed by atoms with van der Waals surface area (Å²) in [5, 5.41) is 7.07. The van der Waals surface area contributed by atoms with Crippen LogP contribution in [0.15, 0.2) is 131 Å². The number of carbonyl (C=O) groups is 4. The summed E-state index contributed by atoms with van der Waals surface area (Å²) in [6.07, 6.45) is -13.5. The first-order valence-electron chi connectivity index (χ1n) is 18.5. The third-order valence-electron chi connectivity index (χ3n) is 8.58. The first-order chi connectivity index (χ1) is 32.5. The molecule has 6 rings (SSSR count). The van der Waals surface area contributed by atoms with Crippen LogP contribution in [0.1, 0.15) is 53.1 Å². The summed E-state index contributed by atoms with van der Waals surface area (Å²) < 4.78 is 186. The lowest BCUT2D eigenvalue weighted by molar-refractivity contribution is -0.361. The van der Waals surface area contributed by atoms with E-state index in [-0.39, 0.29) is 32.4 Å². The Morgan fingerprint density at radius 2 is 0.671 bits per heavy atom. The maximum absolute atomic E-state index is 14.1. The minimum Gasteiger partial charge on any atom is -0.326 e. The molecule has 0 unspecified atom stereocenters. The fourth-order valence-electron chi connectivity index (χ4n) is 5.03. The van der Waals surface area contributed by atoms with Crippen LogP contribution >= 0.6 is 0 Å². The van der Waals surface area contributed by atoms with Crippen LogP contribution in [0, 0.1) is 0 Å². The Labute approximate surface area is 378 Å². The number of alkyl halides is 14. The molecule has 368 valence electrons. The third-order valence-corrected chi connectivity index (χ3v) is 8.58. The van der Waals surface area contributed by atoms with Gasteiger partial charge < -0.3 is 9.68 Å². The summed E-state index contributed by atoms with van der Waals surface area (Å²) in [4.78, 5) is 90.3. The molecule has 6 aromatic rings. The quantitative estimate of drug-likeness (QED) is 0.0997. The second kappa shape index (κ2) is 19.9. The summed E-state index contributed by atoms with van der Waals surface area (Å²) in [6, 6.07) is 26.2. The van der Waals surface area contributed by atoms with Crippen molar-refractivity contribution in [3.8, 4) is 0 Å². The van der Waals surface area contributed by atoms with Gasteiger partial charge in [0.05, 0.1) is 11.1 Å². The van der Waals surface area contributed by atoms with Gasteiger partial charge in [-0.2, -0.15) is 81.6 Å². The van der Waals surface area contributed by atoms with E-state index in [2.05, 4.69) is 20.2 Å². The molecule has 0 saturated heterocycles. The van der Waals surface area contributed by atoms with E-state index in [0.29, 0.717) is 0 Å². The van der Waals surface area contributed by atoms with E-state index in [9.17, 15) is 90.2 Å². The second-order valence-electron chi connectivity index (χ2n) is 13.3. The van der Waals surface area contributed by atoms with Gasteiger partial charge in [0.25, 0.3) is 11.8 Å². The average Bonchev–Trinajstić information content (AvgIpc) is 3.32. The number of rotatable bonds is 10. The highest BCUT2D eigenvalue weighted by Crippen LogP contribution is 2.52. The van der Waals surface area contributed by atoms with E-state index in [1.165, 1.54) is 107 Å². The number of nitrogens with one attached hydrogen (secondary N) is 2. The van der Waals surface area contributed by atoms with Crippen LogP contribution in [-0.4, -0.2) is 78.3 Å². The van der Waals surface area contributed by atoms with Crippen molar-refractivity contribution < 1.29 is 90.3 Å². The molecule has 0 aliphatic heterocycles. The smallest absolute Gasteiger partial charge is 0.326 e. The standard InChI is InChI=1S/2C20H11F7N4O4/c2*21-18(22,19(23,24)20(25,26)27)17-28-13(14(32)29-30-17)31(15(33)11-7-3-1-4-8-11)35-16(34)12-9-5-2-6-10-12/h2*1-10H,(H,29,32). The van der Waals surface area contributed by atoms with Crippen molar-refractivity contribution in [3.63, 3.8) is 0 Å². The van der Waals surface area contributed by atoms with Crippen LogP contribution < -0.4 is 21.2 Å². The molecule has 0 atom stereocenters. The maximum Gasteiger partial charge on any atom is 0.460 e. The number of hydrogen-bond donors (Lipinski definition) is 2. The zero-order chi connectivity index (χ0) is 52.0. The molecule has 2 N–H and O–H groups in total. The highest BCUT2D eigenvalue weighted by molar-refractivity contribution is 6.07. The van der Waals surface area contributed by atoms with E-state index in [0.717, 1.165) is 24.3 Å². The first kappa shape index (κ1) is 52.4. The second-order valence-corrected chi connectivity index (χ2v) is 13.3. The summed E-state index contributed by atoms with van der Waals surface area (Å²) >= 11 is 0. The van der Waals surface area contributed by atoms with Crippen LogP contribution in [0.2, 0.25) is 0 Å². The summed E-state index contributed by atoms with van der Waals surface area (Å²) in [6.45, 7) is 0. The average molecular weight is 1010 g/mol. The normalized spacial score (nSPS) is 12.2. The van der Waals surface area contributed by atoms with Crippen LogP contribution in [0.5, 0.6) is 0 Å². The number of benzene rings is 4. The number of hydroxylamine groups is 2. The van der Waals surface area contributed by atoms with Gasteiger partial charge in [-0.15, -0.1) is 10.1 Å². The zero-order valence-electron chi connectivity index (χ0n) is 33.8.